The summed E-state index contributed by atoms with van der Waals surface area (Å²) in [6, 6.07) is 4.38. The van der Waals surface area contributed by atoms with Crippen LogP contribution in [-0.4, -0.2) is 16.0 Å². The summed E-state index contributed by atoms with van der Waals surface area (Å²) in [5, 5.41) is 4.00. The maximum Gasteiger partial charge on any atom is 0.147 e. The van der Waals surface area contributed by atoms with E-state index in [0.717, 1.165) is 12.1 Å². The number of hydrogen-bond acceptors (Lipinski definition) is 4. The van der Waals surface area contributed by atoms with Gasteiger partial charge in [-0.05, 0) is 24.5 Å². The molecule has 1 N–H and O–H groups in total. The predicted molar refractivity (Wildman–Crippen MR) is 73.4 cm³/mol. The molecule has 0 aliphatic heterocycles. The Kier molecular flexibility index (Phi) is 3.62. The molecule has 0 atom stereocenters. The fourth-order valence-corrected chi connectivity index (χ4v) is 1.91. The van der Waals surface area contributed by atoms with Crippen LogP contribution >= 0.6 is 11.6 Å². The molecule has 98 valence electrons. The molecule has 5 heteroatoms. The average Bonchev–Trinajstić information content (AvgIpc) is 3.21. The van der Waals surface area contributed by atoms with Gasteiger partial charge >= 0.3 is 0 Å². The van der Waals surface area contributed by atoms with E-state index in [0.29, 0.717) is 22.6 Å². The Hall–Kier alpha value is -1.65. The molecule has 2 heterocycles. The Balaban J connectivity index is 1.67. The molecule has 0 unspecified atom stereocenters. The zero-order valence-corrected chi connectivity index (χ0v) is 11.1. The van der Waals surface area contributed by atoms with Gasteiger partial charge in [0.15, 0.2) is 0 Å². The highest BCUT2D eigenvalue weighted by Gasteiger charge is 2.19. The Morgan fingerprint density at radius 3 is 2.58 bits per heavy atom. The fraction of sp³-hybridized carbons (Fsp3) is 0.286. The standard InChI is InChI=1S/C14H14ClN3O/c15-11-4-14(9-17-7-11)19-13-3-10(5-16-8-13)6-18-12-1-2-12/h3-5,7-9,12,18H,1-2,6H2. The van der Waals surface area contributed by atoms with E-state index in [1.807, 2.05) is 12.3 Å². The minimum atomic E-state index is 0.553. The van der Waals surface area contributed by atoms with Crippen LogP contribution in [0.25, 0.3) is 0 Å². The summed E-state index contributed by atoms with van der Waals surface area (Å²) < 4.78 is 5.69. The van der Waals surface area contributed by atoms with Crippen LogP contribution in [0.3, 0.4) is 0 Å². The molecule has 2 aromatic heterocycles. The lowest BCUT2D eigenvalue weighted by molar-refractivity contribution is 0.476. The summed E-state index contributed by atoms with van der Waals surface area (Å²) in [5.41, 5.74) is 1.11. The molecule has 0 radical (unpaired) electrons. The highest BCUT2D eigenvalue weighted by atomic mass is 35.5. The Bertz CT molecular complexity index is 572. The van der Waals surface area contributed by atoms with E-state index in [1.54, 1.807) is 24.7 Å². The number of ether oxygens (including phenoxy) is 1. The number of aromatic nitrogens is 2. The van der Waals surface area contributed by atoms with Gasteiger partial charge < -0.3 is 10.1 Å². The van der Waals surface area contributed by atoms with E-state index in [2.05, 4.69) is 15.3 Å². The van der Waals surface area contributed by atoms with Gasteiger partial charge in [-0.3, -0.25) is 9.97 Å². The lowest BCUT2D eigenvalue weighted by atomic mass is 10.2. The SMILES string of the molecule is Clc1cncc(Oc2cncc(CNC3CC3)c2)c1. The van der Waals surface area contributed by atoms with Crippen molar-refractivity contribution in [1.29, 1.82) is 0 Å². The summed E-state index contributed by atoms with van der Waals surface area (Å²) in [5.74, 6) is 1.31. The van der Waals surface area contributed by atoms with E-state index in [1.165, 1.54) is 12.8 Å². The van der Waals surface area contributed by atoms with Crippen molar-refractivity contribution in [2.24, 2.45) is 0 Å². The third-order valence-electron chi connectivity index (χ3n) is 2.86. The molecular weight excluding hydrogens is 262 g/mol. The van der Waals surface area contributed by atoms with Crippen LogP contribution in [0.15, 0.2) is 36.9 Å². The van der Waals surface area contributed by atoms with Crippen LogP contribution < -0.4 is 10.1 Å². The van der Waals surface area contributed by atoms with Gasteiger partial charge in [0.25, 0.3) is 0 Å². The van der Waals surface area contributed by atoms with E-state index >= 15 is 0 Å². The van der Waals surface area contributed by atoms with Crippen LogP contribution in [0.5, 0.6) is 11.5 Å². The van der Waals surface area contributed by atoms with Crippen molar-refractivity contribution in [2.75, 3.05) is 0 Å². The third-order valence-corrected chi connectivity index (χ3v) is 3.06. The second-order valence-electron chi connectivity index (χ2n) is 4.62. The number of halogens is 1. The third kappa shape index (κ3) is 3.66. The van der Waals surface area contributed by atoms with Crippen LogP contribution in [0.1, 0.15) is 18.4 Å². The molecule has 0 aromatic carbocycles. The van der Waals surface area contributed by atoms with Crippen molar-refractivity contribution in [3.63, 3.8) is 0 Å². The minimum Gasteiger partial charge on any atom is -0.454 e. The normalized spacial score (nSPS) is 14.4. The molecule has 1 aliphatic carbocycles. The van der Waals surface area contributed by atoms with Crippen molar-refractivity contribution in [2.45, 2.75) is 25.4 Å². The summed E-state index contributed by atoms with van der Waals surface area (Å²) in [6.45, 7) is 0.822. The number of rotatable bonds is 5. The van der Waals surface area contributed by atoms with Crippen LogP contribution in [0, 0.1) is 0 Å². The highest BCUT2D eigenvalue weighted by Crippen LogP contribution is 2.23. The van der Waals surface area contributed by atoms with E-state index in [-0.39, 0.29) is 0 Å². The van der Waals surface area contributed by atoms with Gasteiger partial charge in [0.2, 0.25) is 0 Å². The van der Waals surface area contributed by atoms with Gasteiger partial charge in [0, 0.05) is 31.0 Å². The molecule has 4 nitrogen and oxygen atoms in total. The predicted octanol–water partition coefficient (Wildman–Crippen LogP) is 3.17. The maximum absolute atomic E-state index is 5.87. The molecule has 0 saturated heterocycles. The summed E-state index contributed by atoms with van der Waals surface area (Å²) in [6.07, 6.45) is 9.28. The molecule has 3 rings (SSSR count). The van der Waals surface area contributed by atoms with Gasteiger partial charge in [-0.2, -0.15) is 0 Å². The van der Waals surface area contributed by atoms with E-state index < -0.39 is 0 Å². The molecule has 2 aromatic rings. The molecule has 1 saturated carbocycles. The van der Waals surface area contributed by atoms with Crippen molar-refractivity contribution in [1.82, 2.24) is 15.3 Å². The van der Waals surface area contributed by atoms with Gasteiger partial charge in [-0.25, -0.2) is 0 Å². The van der Waals surface area contributed by atoms with Gasteiger partial charge in [-0.1, -0.05) is 11.6 Å². The number of pyridine rings is 2. The topological polar surface area (TPSA) is 47.0 Å². The van der Waals surface area contributed by atoms with E-state index in [9.17, 15) is 0 Å². The summed E-state index contributed by atoms with van der Waals surface area (Å²) >= 11 is 5.87. The molecule has 0 bridgehead atoms. The quantitative estimate of drug-likeness (QED) is 0.910. The van der Waals surface area contributed by atoms with Crippen LogP contribution in [0.4, 0.5) is 0 Å². The van der Waals surface area contributed by atoms with Crippen LogP contribution in [-0.2, 0) is 6.54 Å². The second kappa shape index (κ2) is 5.55. The summed E-state index contributed by atoms with van der Waals surface area (Å²) in [4.78, 5) is 8.16. The van der Waals surface area contributed by atoms with Crippen molar-refractivity contribution >= 4 is 11.6 Å². The molecule has 1 aliphatic rings. The van der Waals surface area contributed by atoms with Gasteiger partial charge in [0.05, 0.1) is 17.4 Å². The van der Waals surface area contributed by atoms with Crippen LogP contribution in [0.2, 0.25) is 5.02 Å². The Morgan fingerprint density at radius 2 is 1.84 bits per heavy atom. The molecule has 19 heavy (non-hydrogen) atoms. The number of nitrogens with one attached hydrogen (secondary N) is 1. The molecule has 0 amide bonds. The highest BCUT2D eigenvalue weighted by molar-refractivity contribution is 6.30. The maximum atomic E-state index is 5.87. The van der Waals surface area contributed by atoms with Gasteiger partial charge in [-0.15, -0.1) is 0 Å². The number of hydrogen-bond donors (Lipinski definition) is 1. The smallest absolute Gasteiger partial charge is 0.147 e. The molecule has 1 fully saturated rings. The largest absolute Gasteiger partial charge is 0.454 e. The molecule has 0 spiro atoms. The first-order valence-corrected chi connectivity index (χ1v) is 6.63. The van der Waals surface area contributed by atoms with Crippen molar-refractivity contribution in [3.05, 3.63) is 47.5 Å². The first-order valence-electron chi connectivity index (χ1n) is 6.25. The zero-order chi connectivity index (χ0) is 13.1. The summed E-state index contributed by atoms with van der Waals surface area (Å²) in [7, 11) is 0. The van der Waals surface area contributed by atoms with Crippen molar-refractivity contribution < 1.29 is 4.74 Å². The van der Waals surface area contributed by atoms with Gasteiger partial charge in [0.1, 0.15) is 11.5 Å². The Labute approximate surface area is 116 Å². The Morgan fingerprint density at radius 1 is 1.11 bits per heavy atom. The monoisotopic (exact) mass is 275 g/mol. The lowest BCUT2D eigenvalue weighted by Gasteiger charge is -2.07. The second-order valence-corrected chi connectivity index (χ2v) is 5.06. The number of nitrogens with zero attached hydrogens (tertiary/aromatic N) is 2. The average molecular weight is 276 g/mol. The molecular formula is C14H14ClN3O. The first-order chi connectivity index (χ1) is 9.29. The fourth-order valence-electron chi connectivity index (χ4n) is 1.75. The minimum absolute atomic E-state index is 0.553. The first kappa shape index (κ1) is 12.4. The lowest BCUT2D eigenvalue weighted by Crippen LogP contribution is -2.15. The van der Waals surface area contributed by atoms with Crippen molar-refractivity contribution in [3.8, 4) is 11.5 Å². The zero-order valence-electron chi connectivity index (χ0n) is 10.3. The van der Waals surface area contributed by atoms with E-state index in [4.69, 9.17) is 16.3 Å².